The molecule has 5 heteroatoms. The number of carbonyl (C=O) groups is 1. The number of benzene rings is 2. The zero-order valence-corrected chi connectivity index (χ0v) is 14.1. The SMILES string of the molecule is CC1Cc2ccccc2N1C(=O)CCn1cnc2ccccc2c1=O. The third kappa shape index (κ3) is 2.71. The highest BCUT2D eigenvalue weighted by atomic mass is 16.2. The number of rotatable bonds is 3. The molecule has 0 spiro atoms. The number of carbonyl (C=O) groups excluding carboxylic acids is 1. The van der Waals surface area contributed by atoms with E-state index < -0.39 is 0 Å². The van der Waals surface area contributed by atoms with Gasteiger partial charge in [-0.1, -0.05) is 30.3 Å². The van der Waals surface area contributed by atoms with Gasteiger partial charge < -0.3 is 4.90 Å². The van der Waals surface area contributed by atoms with Crippen LogP contribution in [0.2, 0.25) is 0 Å². The Kier molecular flexibility index (Phi) is 3.84. The van der Waals surface area contributed by atoms with Crippen molar-refractivity contribution in [1.82, 2.24) is 9.55 Å². The molecule has 0 radical (unpaired) electrons. The molecule has 1 atom stereocenters. The number of aromatic nitrogens is 2. The van der Waals surface area contributed by atoms with Crippen LogP contribution in [0.5, 0.6) is 0 Å². The number of nitrogens with zero attached hydrogens (tertiary/aromatic N) is 3. The van der Waals surface area contributed by atoms with E-state index in [0.717, 1.165) is 12.1 Å². The summed E-state index contributed by atoms with van der Waals surface area (Å²) in [7, 11) is 0. The van der Waals surface area contributed by atoms with Gasteiger partial charge in [0.15, 0.2) is 0 Å². The molecule has 1 amide bonds. The van der Waals surface area contributed by atoms with Gasteiger partial charge in [-0.3, -0.25) is 14.2 Å². The number of hydrogen-bond donors (Lipinski definition) is 0. The van der Waals surface area contributed by atoms with Crippen molar-refractivity contribution in [1.29, 1.82) is 0 Å². The smallest absolute Gasteiger partial charge is 0.261 e. The van der Waals surface area contributed by atoms with E-state index in [4.69, 9.17) is 0 Å². The summed E-state index contributed by atoms with van der Waals surface area (Å²) in [5, 5.41) is 0.581. The normalized spacial score (nSPS) is 16.2. The van der Waals surface area contributed by atoms with E-state index in [1.165, 1.54) is 16.5 Å². The lowest BCUT2D eigenvalue weighted by atomic mass is 10.1. The monoisotopic (exact) mass is 333 g/mol. The Morgan fingerprint density at radius 3 is 2.80 bits per heavy atom. The predicted octanol–water partition coefficient (Wildman–Crippen LogP) is 2.76. The van der Waals surface area contributed by atoms with E-state index in [2.05, 4.69) is 18.0 Å². The molecule has 1 unspecified atom stereocenters. The largest absolute Gasteiger partial charge is 0.309 e. The first-order valence-electron chi connectivity index (χ1n) is 8.49. The quantitative estimate of drug-likeness (QED) is 0.740. The summed E-state index contributed by atoms with van der Waals surface area (Å²) >= 11 is 0. The number of aryl methyl sites for hydroxylation is 1. The summed E-state index contributed by atoms with van der Waals surface area (Å²) in [4.78, 5) is 31.4. The minimum atomic E-state index is -0.103. The molecule has 0 saturated heterocycles. The molecule has 25 heavy (non-hydrogen) atoms. The van der Waals surface area contributed by atoms with Crippen molar-refractivity contribution >= 4 is 22.5 Å². The van der Waals surface area contributed by atoms with Crippen molar-refractivity contribution in [3.8, 4) is 0 Å². The summed E-state index contributed by atoms with van der Waals surface area (Å²) in [5.41, 5.74) is 2.77. The molecule has 1 aliphatic heterocycles. The maximum atomic E-state index is 12.8. The number of amides is 1. The van der Waals surface area contributed by atoms with Crippen molar-refractivity contribution in [3.05, 3.63) is 70.8 Å². The minimum absolute atomic E-state index is 0.0394. The highest BCUT2D eigenvalue weighted by Crippen LogP contribution is 2.32. The Bertz CT molecular complexity index is 1010. The van der Waals surface area contributed by atoms with Crippen LogP contribution in [-0.2, 0) is 17.8 Å². The summed E-state index contributed by atoms with van der Waals surface area (Å²) in [6, 6.07) is 15.4. The lowest BCUT2D eigenvalue weighted by molar-refractivity contribution is -0.119. The van der Waals surface area contributed by atoms with E-state index in [1.807, 2.05) is 41.3 Å². The van der Waals surface area contributed by atoms with Gasteiger partial charge in [0, 0.05) is 24.7 Å². The maximum absolute atomic E-state index is 12.8. The summed E-state index contributed by atoms with van der Waals surface area (Å²) < 4.78 is 1.52. The first-order chi connectivity index (χ1) is 12.1. The van der Waals surface area contributed by atoms with Crippen LogP contribution in [0.3, 0.4) is 0 Å². The topological polar surface area (TPSA) is 55.2 Å². The first-order valence-corrected chi connectivity index (χ1v) is 8.49. The van der Waals surface area contributed by atoms with Crippen molar-refractivity contribution in [2.45, 2.75) is 32.4 Å². The van der Waals surface area contributed by atoms with Crippen LogP contribution in [0, 0.1) is 0 Å². The number of fused-ring (bicyclic) bond motifs is 2. The van der Waals surface area contributed by atoms with Gasteiger partial charge in [-0.05, 0) is 37.1 Å². The molecule has 5 nitrogen and oxygen atoms in total. The Balaban J connectivity index is 1.55. The Labute approximate surface area is 145 Å². The van der Waals surface area contributed by atoms with Gasteiger partial charge in [-0.15, -0.1) is 0 Å². The van der Waals surface area contributed by atoms with Crippen LogP contribution in [0.15, 0.2) is 59.7 Å². The van der Waals surface area contributed by atoms with Crippen molar-refractivity contribution in [2.75, 3.05) is 4.90 Å². The number of hydrogen-bond acceptors (Lipinski definition) is 3. The second kappa shape index (κ2) is 6.16. The van der Waals surface area contributed by atoms with E-state index in [9.17, 15) is 9.59 Å². The summed E-state index contributed by atoms with van der Waals surface area (Å²) in [5.74, 6) is 0.0394. The van der Waals surface area contributed by atoms with Gasteiger partial charge in [-0.25, -0.2) is 4.98 Å². The van der Waals surface area contributed by atoms with Gasteiger partial charge in [0.1, 0.15) is 0 Å². The fourth-order valence-electron chi connectivity index (χ4n) is 3.55. The second-order valence-electron chi connectivity index (χ2n) is 6.46. The highest BCUT2D eigenvalue weighted by molar-refractivity contribution is 5.96. The summed E-state index contributed by atoms with van der Waals surface area (Å²) in [6.07, 6.45) is 2.68. The van der Waals surface area contributed by atoms with E-state index >= 15 is 0 Å². The molecular formula is C20H19N3O2. The first kappa shape index (κ1) is 15.6. The van der Waals surface area contributed by atoms with Crippen LogP contribution in [0.1, 0.15) is 18.9 Å². The Hall–Kier alpha value is -2.95. The zero-order chi connectivity index (χ0) is 17.4. The molecule has 2 aromatic carbocycles. The van der Waals surface area contributed by atoms with Crippen LogP contribution in [-0.4, -0.2) is 21.5 Å². The van der Waals surface area contributed by atoms with Gasteiger partial charge in [0.2, 0.25) is 5.91 Å². The number of para-hydroxylation sites is 2. The Morgan fingerprint density at radius 2 is 1.92 bits per heavy atom. The molecule has 2 heterocycles. The van der Waals surface area contributed by atoms with Crippen LogP contribution in [0.4, 0.5) is 5.69 Å². The summed E-state index contributed by atoms with van der Waals surface area (Å²) in [6.45, 7) is 2.39. The van der Waals surface area contributed by atoms with Crippen molar-refractivity contribution in [3.63, 3.8) is 0 Å². The van der Waals surface area contributed by atoms with Gasteiger partial charge in [-0.2, -0.15) is 0 Å². The molecule has 0 aliphatic carbocycles. The molecule has 0 N–H and O–H groups in total. The molecular weight excluding hydrogens is 314 g/mol. The Morgan fingerprint density at radius 1 is 1.16 bits per heavy atom. The lowest BCUT2D eigenvalue weighted by Gasteiger charge is -2.23. The molecule has 3 aromatic rings. The molecule has 1 aliphatic rings. The molecule has 4 rings (SSSR count). The molecule has 0 fully saturated rings. The minimum Gasteiger partial charge on any atom is -0.309 e. The van der Waals surface area contributed by atoms with Crippen LogP contribution < -0.4 is 10.5 Å². The van der Waals surface area contributed by atoms with Gasteiger partial charge in [0.25, 0.3) is 5.56 Å². The lowest BCUT2D eigenvalue weighted by Crippen LogP contribution is -2.36. The molecule has 0 bridgehead atoms. The van der Waals surface area contributed by atoms with Gasteiger partial charge >= 0.3 is 0 Å². The van der Waals surface area contributed by atoms with Crippen LogP contribution in [0.25, 0.3) is 10.9 Å². The standard InChI is InChI=1S/C20H19N3O2/c1-14-12-15-6-2-5-9-18(15)23(14)19(24)10-11-22-13-21-17-8-4-3-7-16(17)20(22)25/h2-9,13-14H,10-12H2,1H3. The molecule has 1 aromatic heterocycles. The molecule has 126 valence electrons. The number of anilines is 1. The third-order valence-corrected chi connectivity index (χ3v) is 4.77. The van der Waals surface area contributed by atoms with Crippen molar-refractivity contribution in [2.24, 2.45) is 0 Å². The maximum Gasteiger partial charge on any atom is 0.261 e. The zero-order valence-electron chi connectivity index (χ0n) is 14.1. The fourth-order valence-corrected chi connectivity index (χ4v) is 3.55. The molecule has 0 saturated carbocycles. The van der Waals surface area contributed by atoms with E-state index in [0.29, 0.717) is 17.4 Å². The van der Waals surface area contributed by atoms with E-state index in [1.54, 1.807) is 6.07 Å². The van der Waals surface area contributed by atoms with Gasteiger partial charge in [0.05, 0.1) is 17.2 Å². The second-order valence-corrected chi connectivity index (χ2v) is 6.46. The fraction of sp³-hybridized carbons (Fsp3) is 0.250. The van der Waals surface area contributed by atoms with E-state index in [-0.39, 0.29) is 23.9 Å². The highest BCUT2D eigenvalue weighted by Gasteiger charge is 2.30. The van der Waals surface area contributed by atoms with Crippen molar-refractivity contribution < 1.29 is 4.79 Å². The van der Waals surface area contributed by atoms with Crippen LogP contribution >= 0.6 is 0 Å². The average molecular weight is 333 g/mol. The predicted molar refractivity (Wildman–Crippen MR) is 97.7 cm³/mol. The average Bonchev–Trinajstić information content (AvgIpc) is 2.97. The third-order valence-electron chi connectivity index (χ3n) is 4.77.